The van der Waals surface area contributed by atoms with Crippen LogP contribution < -0.4 is 5.32 Å². The first-order valence-electron chi connectivity index (χ1n) is 5.05. The van der Waals surface area contributed by atoms with Crippen molar-refractivity contribution in [3.05, 3.63) is 0 Å². The zero-order valence-electron chi connectivity index (χ0n) is 8.42. The molecule has 0 unspecified atom stereocenters. The van der Waals surface area contributed by atoms with E-state index in [-0.39, 0.29) is 6.04 Å². The lowest BCUT2D eigenvalue weighted by atomic mass is 9.86. The van der Waals surface area contributed by atoms with Gasteiger partial charge in [0.15, 0.2) is 0 Å². The van der Waals surface area contributed by atoms with Crippen LogP contribution in [0, 0.1) is 11.8 Å². The summed E-state index contributed by atoms with van der Waals surface area (Å²) in [6, 6.07) is -0.308. The molecule has 0 aliphatic carbocycles. The van der Waals surface area contributed by atoms with Gasteiger partial charge in [-0.3, -0.25) is 4.79 Å². The Balaban J connectivity index is 2.37. The van der Waals surface area contributed by atoms with E-state index in [9.17, 15) is 4.79 Å². The van der Waals surface area contributed by atoms with Gasteiger partial charge >= 0.3 is 5.97 Å². The van der Waals surface area contributed by atoms with Gasteiger partial charge in [0.25, 0.3) is 0 Å². The molecule has 0 radical (unpaired) electrons. The van der Waals surface area contributed by atoms with Crippen molar-refractivity contribution >= 4 is 5.97 Å². The summed E-state index contributed by atoms with van der Waals surface area (Å²) in [5.41, 5.74) is 0. The van der Waals surface area contributed by atoms with Gasteiger partial charge < -0.3 is 10.4 Å². The maximum absolute atomic E-state index is 10.7. The first-order valence-corrected chi connectivity index (χ1v) is 5.05. The summed E-state index contributed by atoms with van der Waals surface area (Å²) < 4.78 is 0. The van der Waals surface area contributed by atoms with Crippen LogP contribution in [-0.4, -0.2) is 23.7 Å². The molecule has 3 heteroatoms. The van der Waals surface area contributed by atoms with E-state index in [0.29, 0.717) is 11.8 Å². The molecular formula is C10H19NO2. The third-order valence-electron chi connectivity index (χ3n) is 2.62. The molecule has 1 fully saturated rings. The number of rotatable bonds is 3. The van der Waals surface area contributed by atoms with Gasteiger partial charge in [0.05, 0.1) is 0 Å². The van der Waals surface area contributed by atoms with Crippen LogP contribution in [0.5, 0.6) is 0 Å². The fourth-order valence-electron chi connectivity index (χ4n) is 2.07. The highest BCUT2D eigenvalue weighted by Crippen LogP contribution is 2.23. The van der Waals surface area contributed by atoms with Crippen LogP contribution in [0.25, 0.3) is 0 Å². The Bertz CT molecular complexity index is 180. The average molecular weight is 185 g/mol. The van der Waals surface area contributed by atoms with E-state index >= 15 is 0 Å². The van der Waals surface area contributed by atoms with Crippen molar-refractivity contribution in [1.29, 1.82) is 0 Å². The molecule has 0 amide bonds. The number of carbonyl (C=O) groups is 1. The second-order valence-electron chi connectivity index (χ2n) is 4.36. The van der Waals surface area contributed by atoms with E-state index < -0.39 is 5.97 Å². The maximum Gasteiger partial charge on any atom is 0.320 e. The Morgan fingerprint density at radius 3 is 2.85 bits per heavy atom. The van der Waals surface area contributed by atoms with E-state index in [2.05, 4.69) is 19.2 Å². The number of carboxylic acid groups (broad SMARTS) is 1. The molecule has 0 aromatic carbocycles. The second-order valence-corrected chi connectivity index (χ2v) is 4.36. The van der Waals surface area contributed by atoms with Crippen molar-refractivity contribution in [2.45, 2.75) is 39.2 Å². The maximum atomic E-state index is 10.7. The highest BCUT2D eigenvalue weighted by atomic mass is 16.4. The van der Waals surface area contributed by atoms with E-state index in [1.807, 2.05) is 0 Å². The molecule has 1 rings (SSSR count). The van der Waals surface area contributed by atoms with Gasteiger partial charge in [-0.2, -0.15) is 0 Å². The third-order valence-corrected chi connectivity index (χ3v) is 2.62. The summed E-state index contributed by atoms with van der Waals surface area (Å²) in [6.07, 6.45) is 3.08. The Kier molecular flexibility index (Phi) is 3.72. The third kappa shape index (κ3) is 3.35. The van der Waals surface area contributed by atoms with Crippen molar-refractivity contribution in [2.75, 3.05) is 6.54 Å². The minimum absolute atomic E-state index is 0.308. The number of piperidine rings is 1. The number of nitrogens with one attached hydrogen (secondary N) is 1. The molecule has 76 valence electrons. The Morgan fingerprint density at radius 2 is 2.31 bits per heavy atom. The van der Waals surface area contributed by atoms with Gasteiger partial charge in [-0.1, -0.05) is 13.8 Å². The van der Waals surface area contributed by atoms with Gasteiger partial charge in [0, 0.05) is 0 Å². The Hall–Kier alpha value is -0.570. The number of hydrogen-bond donors (Lipinski definition) is 2. The first-order chi connectivity index (χ1) is 6.09. The van der Waals surface area contributed by atoms with Gasteiger partial charge in [-0.25, -0.2) is 0 Å². The normalized spacial score (nSPS) is 29.2. The van der Waals surface area contributed by atoms with Crippen molar-refractivity contribution in [3.63, 3.8) is 0 Å². The topological polar surface area (TPSA) is 49.3 Å². The molecule has 1 saturated heterocycles. The number of hydrogen-bond acceptors (Lipinski definition) is 2. The van der Waals surface area contributed by atoms with Crippen LogP contribution in [0.3, 0.4) is 0 Å². The van der Waals surface area contributed by atoms with E-state index in [1.165, 1.54) is 0 Å². The molecule has 1 aliphatic rings. The van der Waals surface area contributed by atoms with Crippen LogP contribution in [0.1, 0.15) is 33.1 Å². The van der Waals surface area contributed by atoms with Crippen molar-refractivity contribution in [1.82, 2.24) is 5.32 Å². The van der Waals surface area contributed by atoms with Gasteiger partial charge in [0.1, 0.15) is 6.04 Å². The van der Waals surface area contributed by atoms with E-state index in [0.717, 1.165) is 25.8 Å². The predicted molar refractivity (Wildman–Crippen MR) is 51.6 cm³/mol. The molecule has 2 atom stereocenters. The van der Waals surface area contributed by atoms with Gasteiger partial charge in [-0.05, 0) is 37.6 Å². The van der Waals surface area contributed by atoms with Crippen LogP contribution in [0.4, 0.5) is 0 Å². The zero-order valence-corrected chi connectivity index (χ0v) is 8.42. The monoisotopic (exact) mass is 185 g/mol. The minimum Gasteiger partial charge on any atom is -0.480 e. The van der Waals surface area contributed by atoms with Crippen molar-refractivity contribution in [3.8, 4) is 0 Å². The summed E-state index contributed by atoms with van der Waals surface area (Å²) in [5, 5.41) is 11.8. The summed E-state index contributed by atoms with van der Waals surface area (Å²) >= 11 is 0. The number of aliphatic carboxylic acids is 1. The van der Waals surface area contributed by atoms with Crippen LogP contribution >= 0.6 is 0 Å². The Morgan fingerprint density at radius 1 is 1.62 bits per heavy atom. The van der Waals surface area contributed by atoms with Crippen LogP contribution in [0.2, 0.25) is 0 Å². The van der Waals surface area contributed by atoms with Gasteiger partial charge in [-0.15, -0.1) is 0 Å². The molecular weight excluding hydrogens is 166 g/mol. The molecule has 0 bridgehead atoms. The summed E-state index contributed by atoms with van der Waals surface area (Å²) in [5.74, 6) is 0.577. The molecule has 3 nitrogen and oxygen atoms in total. The predicted octanol–water partition coefficient (Wildman–Crippen LogP) is 1.49. The SMILES string of the molecule is CC(C)C[C@@H]1CCN[C@H](C(=O)O)C1. The smallest absolute Gasteiger partial charge is 0.320 e. The van der Waals surface area contributed by atoms with Crippen LogP contribution in [0.15, 0.2) is 0 Å². The lowest BCUT2D eigenvalue weighted by molar-refractivity contribution is -0.140. The van der Waals surface area contributed by atoms with E-state index in [4.69, 9.17) is 5.11 Å². The molecule has 2 N–H and O–H groups in total. The second kappa shape index (κ2) is 4.61. The molecule has 13 heavy (non-hydrogen) atoms. The van der Waals surface area contributed by atoms with Crippen molar-refractivity contribution < 1.29 is 9.90 Å². The van der Waals surface area contributed by atoms with E-state index in [1.54, 1.807) is 0 Å². The highest BCUT2D eigenvalue weighted by molar-refractivity contribution is 5.73. The molecule has 0 spiro atoms. The largest absolute Gasteiger partial charge is 0.480 e. The zero-order chi connectivity index (χ0) is 9.84. The van der Waals surface area contributed by atoms with Gasteiger partial charge in [0.2, 0.25) is 0 Å². The lowest BCUT2D eigenvalue weighted by Crippen LogP contribution is -2.43. The fourth-order valence-corrected chi connectivity index (χ4v) is 2.07. The molecule has 1 aliphatic heterocycles. The Labute approximate surface area is 79.5 Å². The summed E-state index contributed by atoms with van der Waals surface area (Å²) in [4.78, 5) is 10.7. The summed E-state index contributed by atoms with van der Waals surface area (Å²) in [7, 11) is 0. The lowest BCUT2D eigenvalue weighted by Gasteiger charge is -2.28. The highest BCUT2D eigenvalue weighted by Gasteiger charge is 2.26. The fraction of sp³-hybridized carbons (Fsp3) is 0.900. The molecule has 0 aromatic rings. The molecule has 1 heterocycles. The summed E-state index contributed by atoms with van der Waals surface area (Å²) in [6.45, 7) is 5.24. The minimum atomic E-state index is -0.701. The molecule has 0 saturated carbocycles. The first kappa shape index (κ1) is 10.5. The molecule has 0 aromatic heterocycles. The number of carboxylic acids is 1. The van der Waals surface area contributed by atoms with Crippen LogP contribution in [-0.2, 0) is 4.79 Å². The average Bonchev–Trinajstić information content (AvgIpc) is 2.03. The quantitative estimate of drug-likeness (QED) is 0.700. The van der Waals surface area contributed by atoms with Crippen molar-refractivity contribution in [2.24, 2.45) is 11.8 Å². The standard InChI is InChI=1S/C10H19NO2/c1-7(2)5-8-3-4-11-9(6-8)10(12)13/h7-9,11H,3-6H2,1-2H3,(H,12,13)/t8-,9-/m0/s1.